The zero-order valence-corrected chi connectivity index (χ0v) is 14.1. The Labute approximate surface area is 138 Å². The normalized spacial score (nSPS) is 11.1. The highest BCUT2D eigenvalue weighted by Gasteiger charge is 2.19. The molecule has 1 N–H and O–H groups in total. The monoisotopic (exact) mass is 330 g/mol. The summed E-state index contributed by atoms with van der Waals surface area (Å²) < 4.78 is 6.70. The molecule has 0 saturated carbocycles. The Balaban J connectivity index is 2.12. The van der Waals surface area contributed by atoms with Crippen molar-refractivity contribution in [1.29, 1.82) is 0 Å². The van der Waals surface area contributed by atoms with Gasteiger partial charge in [-0.25, -0.2) is 4.98 Å². The molecule has 0 unspecified atom stereocenters. The largest absolute Gasteiger partial charge is 0.383 e. The molecule has 0 spiro atoms. The first-order valence-corrected chi connectivity index (χ1v) is 8.15. The van der Waals surface area contributed by atoms with Crippen LogP contribution in [0.25, 0.3) is 21.6 Å². The zero-order chi connectivity index (χ0) is 16.4. The number of aromatic nitrogens is 3. The molecule has 0 atom stereocenters. The molecule has 0 fully saturated rings. The number of methoxy groups -OCH3 is 1. The van der Waals surface area contributed by atoms with Crippen molar-refractivity contribution in [1.82, 2.24) is 20.1 Å². The average molecular weight is 330 g/mol. The Morgan fingerprint density at radius 2 is 2.30 bits per heavy atom. The molecule has 6 nitrogen and oxygen atoms in total. The maximum atomic E-state index is 12.6. The van der Waals surface area contributed by atoms with Gasteiger partial charge < -0.3 is 10.1 Å². The van der Waals surface area contributed by atoms with Crippen LogP contribution in [0.5, 0.6) is 0 Å². The second kappa shape index (κ2) is 6.47. The van der Waals surface area contributed by atoms with Gasteiger partial charge in [0, 0.05) is 20.7 Å². The number of ether oxygens (including phenoxy) is 1. The number of nitrogens with one attached hydrogen (secondary N) is 1. The number of amides is 1. The predicted molar refractivity (Wildman–Crippen MR) is 90.8 cm³/mol. The summed E-state index contributed by atoms with van der Waals surface area (Å²) in [5.74, 6) is -0.136. The van der Waals surface area contributed by atoms with Gasteiger partial charge in [0.15, 0.2) is 5.65 Å². The molecule has 0 aromatic carbocycles. The van der Waals surface area contributed by atoms with Crippen molar-refractivity contribution >= 4 is 28.3 Å². The van der Waals surface area contributed by atoms with Gasteiger partial charge in [-0.05, 0) is 24.4 Å². The third kappa shape index (κ3) is 2.97. The number of aryl methyl sites for hydroxylation is 2. The van der Waals surface area contributed by atoms with E-state index in [4.69, 9.17) is 4.74 Å². The van der Waals surface area contributed by atoms with Crippen LogP contribution in [0.1, 0.15) is 16.1 Å². The van der Waals surface area contributed by atoms with Crippen LogP contribution in [0.2, 0.25) is 0 Å². The number of carbonyl (C=O) groups excluding carboxylic acids is 1. The van der Waals surface area contributed by atoms with Crippen LogP contribution in [-0.2, 0) is 11.8 Å². The van der Waals surface area contributed by atoms with E-state index in [9.17, 15) is 4.79 Å². The lowest BCUT2D eigenvalue weighted by molar-refractivity contribution is 0.0938. The standard InChI is InChI=1S/C16H18N4O2S/c1-10-14-11(16(21)17-6-7-22-3)9-12(13-5-4-8-23-13)18-15(14)20(2)19-10/h4-5,8-9H,6-7H2,1-3H3,(H,17,21). The number of rotatable bonds is 5. The van der Waals surface area contributed by atoms with E-state index in [1.807, 2.05) is 37.6 Å². The topological polar surface area (TPSA) is 69.0 Å². The summed E-state index contributed by atoms with van der Waals surface area (Å²) in [4.78, 5) is 18.3. The van der Waals surface area contributed by atoms with E-state index >= 15 is 0 Å². The van der Waals surface area contributed by atoms with E-state index in [1.54, 1.807) is 23.1 Å². The molecule has 1 amide bonds. The smallest absolute Gasteiger partial charge is 0.252 e. The molecule has 120 valence electrons. The van der Waals surface area contributed by atoms with Gasteiger partial charge in [-0.2, -0.15) is 5.10 Å². The van der Waals surface area contributed by atoms with Crippen molar-refractivity contribution in [2.24, 2.45) is 7.05 Å². The second-order valence-electron chi connectivity index (χ2n) is 5.19. The Morgan fingerprint density at radius 3 is 3.00 bits per heavy atom. The van der Waals surface area contributed by atoms with Gasteiger partial charge in [0.25, 0.3) is 5.91 Å². The second-order valence-corrected chi connectivity index (χ2v) is 6.14. The van der Waals surface area contributed by atoms with Gasteiger partial charge in [-0.15, -0.1) is 11.3 Å². The number of nitrogens with zero attached hydrogens (tertiary/aromatic N) is 3. The molecule has 0 saturated heterocycles. The van der Waals surface area contributed by atoms with E-state index in [-0.39, 0.29) is 5.91 Å². The van der Waals surface area contributed by atoms with Crippen LogP contribution >= 0.6 is 11.3 Å². The van der Waals surface area contributed by atoms with Crippen molar-refractivity contribution < 1.29 is 9.53 Å². The molecular formula is C16H18N4O2S. The Morgan fingerprint density at radius 1 is 1.48 bits per heavy atom. The van der Waals surface area contributed by atoms with Crippen LogP contribution in [0.15, 0.2) is 23.6 Å². The molecule has 3 aromatic heterocycles. The first kappa shape index (κ1) is 15.6. The van der Waals surface area contributed by atoms with E-state index in [0.717, 1.165) is 21.7 Å². The fourth-order valence-electron chi connectivity index (χ4n) is 2.54. The van der Waals surface area contributed by atoms with Crippen LogP contribution in [0, 0.1) is 6.92 Å². The molecule has 23 heavy (non-hydrogen) atoms. The average Bonchev–Trinajstić information content (AvgIpc) is 3.16. The zero-order valence-electron chi connectivity index (χ0n) is 13.3. The maximum Gasteiger partial charge on any atom is 0.252 e. The lowest BCUT2D eigenvalue weighted by Gasteiger charge is -2.08. The molecule has 0 aliphatic rings. The summed E-state index contributed by atoms with van der Waals surface area (Å²) >= 11 is 1.60. The number of thiophene rings is 1. The lowest BCUT2D eigenvalue weighted by Crippen LogP contribution is -2.27. The van der Waals surface area contributed by atoms with Crippen molar-refractivity contribution in [2.45, 2.75) is 6.92 Å². The molecular weight excluding hydrogens is 312 g/mol. The first-order chi connectivity index (χ1) is 11.1. The van der Waals surface area contributed by atoms with Crippen LogP contribution in [0.3, 0.4) is 0 Å². The number of hydrogen-bond donors (Lipinski definition) is 1. The highest BCUT2D eigenvalue weighted by Crippen LogP contribution is 2.29. The van der Waals surface area contributed by atoms with Gasteiger partial charge in [0.05, 0.1) is 33.8 Å². The third-order valence-electron chi connectivity index (χ3n) is 3.58. The minimum atomic E-state index is -0.136. The maximum absolute atomic E-state index is 12.6. The third-order valence-corrected chi connectivity index (χ3v) is 4.47. The summed E-state index contributed by atoms with van der Waals surface area (Å²) in [5.41, 5.74) is 2.89. The van der Waals surface area contributed by atoms with E-state index in [0.29, 0.717) is 24.4 Å². The van der Waals surface area contributed by atoms with E-state index in [2.05, 4.69) is 15.4 Å². The molecule has 0 aliphatic carbocycles. The Kier molecular flexibility index (Phi) is 4.40. The fraction of sp³-hybridized carbons (Fsp3) is 0.312. The van der Waals surface area contributed by atoms with Crippen molar-refractivity contribution in [3.63, 3.8) is 0 Å². The van der Waals surface area contributed by atoms with Crippen LogP contribution in [0.4, 0.5) is 0 Å². The molecule has 3 heterocycles. The summed E-state index contributed by atoms with van der Waals surface area (Å²) in [6.45, 7) is 2.83. The number of fused-ring (bicyclic) bond motifs is 1. The molecule has 3 rings (SSSR count). The van der Waals surface area contributed by atoms with E-state index < -0.39 is 0 Å². The number of hydrogen-bond acceptors (Lipinski definition) is 5. The molecule has 0 aliphatic heterocycles. The fourth-order valence-corrected chi connectivity index (χ4v) is 3.22. The van der Waals surface area contributed by atoms with Gasteiger partial charge in [-0.3, -0.25) is 9.48 Å². The van der Waals surface area contributed by atoms with Crippen molar-refractivity contribution in [3.8, 4) is 10.6 Å². The number of pyridine rings is 1. The minimum absolute atomic E-state index is 0.136. The quantitative estimate of drug-likeness (QED) is 0.729. The highest BCUT2D eigenvalue weighted by atomic mass is 32.1. The summed E-state index contributed by atoms with van der Waals surface area (Å²) in [6, 6.07) is 5.80. The Bertz CT molecular complexity index is 840. The number of carbonyl (C=O) groups is 1. The summed E-state index contributed by atoms with van der Waals surface area (Å²) in [7, 11) is 3.45. The minimum Gasteiger partial charge on any atom is -0.383 e. The lowest BCUT2D eigenvalue weighted by atomic mass is 10.1. The van der Waals surface area contributed by atoms with Gasteiger partial charge in [-0.1, -0.05) is 6.07 Å². The van der Waals surface area contributed by atoms with E-state index in [1.165, 1.54) is 0 Å². The predicted octanol–water partition coefficient (Wildman–Crippen LogP) is 2.38. The van der Waals surface area contributed by atoms with Crippen molar-refractivity contribution in [3.05, 3.63) is 34.8 Å². The molecule has 0 bridgehead atoms. The summed E-state index contributed by atoms with van der Waals surface area (Å²) in [6.07, 6.45) is 0. The van der Waals surface area contributed by atoms with Crippen molar-refractivity contribution in [2.75, 3.05) is 20.3 Å². The SMILES string of the molecule is COCCNC(=O)c1cc(-c2cccs2)nc2c1c(C)nn2C. The molecule has 3 aromatic rings. The summed E-state index contributed by atoms with van der Waals surface area (Å²) in [5, 5.41) is 10.1. The van der Waals surface area contributed by atoms with Gasteiger partial charge >= 0.3 is 0 Å². The Hall–Kier alpha value is -2.25. The molecule has 0 radical (unpaired) electrons. The van der Waals surface area contributed by atoms with Crippen LogP contribution in [-0.4, -0.2) is 40.9 Å². The van der Waals surface area contributed by atoms with Gasteiger partial charge in [0.2, 0.25) is 0 Å². The first-order valence-electron chi connectivity index (χ1n) is 7.27. The van der Waals surface area contributed by atoms with Gasteiger partial charge in [0.1, 0.15) is 0 Å². The molecule has 7 heteroatoms. The highest BCUT2D eigenvalue weighted by molar-refractivity contribution is 7.13. The van der Waals surface area contributed by atoms with Crippen LogP contribution < -0.4 is 5.32 Å².